The van der Waals surface area contributed by atoms with Crippen LogP contribution in [0.15, 0.2) is 22.8 Å². The maximum absolute atomic E-state index is 6.28. The van der Waals surface area contributed by atoms with Crippen LogP contribution in [-0.2, 0) is 4.74 Å². The van der Waals surface area contributed by atoms with E-state index in [4.69, 9.17) is 16.3 Å². The zero-order chi connectivity index (χ0) is 11.8. The number of hydrogen-bond donors (Lipinski definition) is 0. The minimum atomic E-state index is 0.0277. The summed E-state index contributed by atoms with van der Waals surface area (Å²) in [4.78, 5) is 0. The lowest BCUT2D eigenvalue weighted by atomic mass is 10.2. The van der Waals surface area contributed by atoms with Gasteiger partial charge in [-0.2, -0.15) is 5.10 Å². The fourth-order valence-electron chi connectivity index (χ4n) is 2.24. The smallest absolute Gasteiger partial charge is 0.150 e. The summed E-state index contributed by atoms with van der Waals surface area (Å²) in [5.41, 5.74) is 0.960. The van der Waals surface area contributed by atoms with Crippen LogP contribution in [0, 0.1) is 0 Å². The van der Waals surface area contributed by atoms with Crippen LogP contribution in [-0.4, -0.2) is 16.4 Å². The highest BCUT2D eigenvalue weighted by Gasteiger charge is 2.19. The van der Waals surface area contributed by atoms with Gasteiger partial charge in [0.1, 0.15) is 0 Å². The van der Waals surface area contributed by atoms with Crippen molar-refractivity contribution in [2.24, 2.45) is 0 Å². The minimum absolute atomic E-state index is 0.0277. The Morgan fingerprint density at radius 2 is 2.29 bits per heavy atom. The second kappa shape index (κ2) is 4.59. The first-order chi connectivity index (χ1) is 8.25. The molecule has 2 aromatic rings. The number of ether oxygens (including phenoxy) is 1. The first-order valence-electron chi connectivity index (χ1n) is 5.69. The third-order valence-electron chi connectivity index (χ3n) is 3.04. The fourth-order valence-corrected chi connectivity index (χ4v) is 3.16. The van der Waals surface area contributed by atoms with E-state index >= 15 is 0 Å². The first kappa shape index (κ1) is 11.5. The van der Waals surface area contributed by atoms with Crippen molar-refractivity contribution in [2.45, 2.75) is 25.5 Å². The molecule has 90 valence electrons. The van der Waals surface area contributed by atoms with E-state index in [2.05, 4.69) is 21.0 Å². The fraction of sp³-hybridized carbons (Fsp3) is 0.417. The topological polar surface area (TPSA) is 27.1 Å². The van der Waals surface area contributed by atoms with E-state index in [1.165, 1.54) is 6.42 Å². The highest BCUT2D eigenvalue weighted by Crippen LogP contribution is 2.32. The maximum atomic E-state index is 6.28. The predicted octanol–water partition coefficient (Wildman–Crippen LogP) is 4.15. The Kier molecular flexibility index (Phi) is 3.11. The SMILES string of the molecule is Clc1cc(Br)cc2cnn(C3CCCCO3)c12. The number of rotatable bonds is 1. The van der Waals surface area contributed by atoms with Crippen LogP contribution in [0.2, 0.25) is 5.02 Å². The highest BCUT2D eigenvalue weighted by atomic mass is 79.9. The lowest BCUT2D eigenvalue weighted by Crippen LogP contribution is -2.19. The van der Waals surface area contributed by atoms with Crippen molar-refractivity contribution in [2.75, 3.05) is 6.61 Å². The number of fused-ring (bicyclic) bond motifs is 1. The molecule has 17 heavy (non-hydrogen) atoms. The predicted molar refractivity (Wildman–Crippen MR) is 71.3 cm³/mol. The molecule has 1 fully saturated rings. The van der Waals surface area contributed by atoms with Crippen LogP contribution in [0.5, 0.6) is 0 Å². The van der Waals surface area contributed by atoms with Gasteiger partial charge in [-0.05, 0) is 31.4 Å². The second-order valence-corrected chi connectivity index (χ2v) is 5.56. The van der Waals surface area contributed by atoms with Crippen LogP contribution in [0.1, 0.15) is 25.5 Å². The lowest BCUT2D eigenvalue weighted by molar-refractivity contribution is -0.0366. The molecule has 0 N–H and O–H groups in total. The summed E-state index contributed by atoms with van der Waals surface area (Å²) in [6.07, 6.45) is 5.18. The molecule has 0 bridgehead atoms. The Labute approximate surface area is 113 Å². The number of benzene rings is 1. The van der Waals surface area contributed by atoms with E-state index in [1.807, 2.05) is 23.0 Å². The summed E-state index contributed by atoms with van der Waals surface area (Å²) in [5.74, 6) is 0. The Morgan fingerprint density at radius 1 is 1.41 bits per heavy atom. The molecule has 0 spiro atoms. The first-order valence-corrected chi connectivity index (χ1v) is 6.86. The molecular weight excluding hydrogens is 304 g/mol. The Bertz CT molecular complexity index is 549. The van der Waals surface area contributed by atoms with Gasteiger partial charge in [0, 0.05) is 16.5 Å². The second-order valence-electron chi connectivity index (χ2n) is 4.24. The number of hydrogen-bond acceptors (Lipinski definition) is 2. The minimum Gasteiger partial charge on any atom is -0.356 e. The molecule has 5 heteroatoms. The van der Waals surface area contributed by atoms with E-state index in [-0.39, 0.29) is 6.23 Å². The van der Waals surface area contributed by atoms with Gasteiger partial charge in [-0.3, -0.25) is 0 Å². The Balaban J connectivity index is 2.10. The van der Waals surface area contributed by atoms with Gasteiger partial charge in [-0.15, -0.1) is 0 Å². The largest absolute Gasteiger partial charge is 0.356 e. The van der Waals surface area contributed by atoms with Crippen molar-refractivity contribution < 1.29 is 4.74 Å². The standard InChI is InChI=1S/C12H12BrClN2O/c13-9-5-8-7-15-16(12(8)10(14)6-9)11-3-1-2-4-17-11/h5-7,11H,1-4H2. The molecule has 1 aliphatic rings. The van der Waals surface area contributed by atoms with Gasteiger partial charge in [0.05, 0.1) is 16.7 Å². The molecule has 0 amide bonds. The van der Waals surface area contributed by atoms with Gasteiger partial charge in [0.15, 0.2) is 6.23 Å². The number of nitrogens with zero attached hydrogens (tertiary/aromatic N) is 2. The van der Waals surface area contributed by atoms with E-state index < -0.39 is 0 Å². The Hall–Kier alpha value is -0.580. The van der Waals surface area contributed by atoms with Crippen LogP contribution in [0.3, 0.4) is 0 Å². The zero-order valence-electron chi connectivity index (χ0n) is 9.20. The molecule has 1 atom stereocenters. The van der Waals surface area contributed by atoms with Crippen molar-refractivity contribution >= 4 is 38.4 Å². The van der Waals surface area contributed by atoms with Gasteiger partial charge in [0.25, 0.3) is 0 Å². The number of aromatic nitrogens is 2. The van der Waals surface area contributed by atoms with Gasteiger partial charge in [-0.25, -0.2) is 4.68 Å². The third kappa shape index (κ3) is 2.09. The van der Waals surface area contributed by atoms with E-state index in [0.29, 0.717) is 5.02 Å². The molecule has 3 nitrogen and oxygen atoms in total. The quantitative estimate of drug-likeness (QED) is 0.790. The average molecular weight is 316 g/mol. The van der Waals surface area contributed by atoms with Gasteiger partial charge >= 0.3 is 0 Å². The van der Waals surface area contributed by atoms with Gasteiger partial charge in [0.2, 0.25) is 0 Å². The monoisotopic (exact) mass is 314 g/mol. The van der Waals surface area contributed by atoms with E-state index in [1.54, 1.807) is 0 Å². The Morgan fingerprint density at radius 3 is 3.06 bits per heavy atom. The summed E-state index contributed by atoms with van der Waals surface area (Å²) < 4.78 is 8.62. The summed E-state index contributed by atoms with van der Waals surface area (Å²) in [7, 11) is 0. The summed E-state index contributed by atoms with van der Waals surface area (Å²) >= 11 is 9.72. The molecule has 1 aromatic carbocycles. The molecular formula is C12H12BrClN2O. The van der Waals surface area contributed by atoms with Gasteiger partial charge < -0.3 is 4.74 Å². The van der Waals surface area contributed by atoms with Crippen LogP contribution >= 0.6 is 27.5 Å². The van der Waals surface area contributed by atoms with E-state index in [9.17, 15) is 0 Å². The molecule has 1 aromatic heterocycles. The van der Waals surface area contributed by atoms with Crippen molar-refractivity contribution in [3.05, 3.63) is 27.8 Å². The lowest BCUT2D eigenvalue weighted by Gasteiger charge is -2.23. The summed E-state index contributed by atoms with van der Waals surface area (Å²) in [6, 6.07) is 3.92. The molecule has 0 saturated carbocycles. The van der Waals surface area contributed by atoms with Crippen LogP contribution in [0.25, 0.3) is 10.9 Å². The normalized spacial score (nSPS) is 20.9. The van der Waals surface area contributed by atoms with Crippen LogP contribution in [0.4, 0.5) is 0 Å². The molecule has 1 aliphatic heterocycles. The summed E-state index contributed by atoms with van der Waals surface area (Å²) in [6.45, 7) is 0.806. The maximum Gasteiger partial charge on any atom is 0.150 e. The average Bonchev–Trinajstić information content (AvgIpc) is 2.74. The van der Waals surface area contributed by atoms with E-state index in [0.717, 1.165) is 34.8 Å². The van der Waals surface area contributed by atoms with Crippen LogP contribution < -0.4 is 0 Å². The van der Waals surface area contributed by atoms with Crippen molar-refractivity contribution in [1.82, 2.24) is 9.78 Å². The van der Waals surface area contributed by atoms with Crippen molar-refractivity contribution in [3.8, 4) is 0 Å². The highest BCUT2D eigenvalue weighted by molar-refractivity contribution is 9.10. The molecule has 1 unspecified atom stereocenters. The third-order valence-corrected chi connectivity index (χ3v) is 3.78. The van der Waals surface area contributed by atoms with Crippen molar-refractivity contribution in [1.29, 1.82) is 0 Å². The summed E-state index contributed by atoms with van der Waals surface area (Å²) in [5, 5.41) is 6.16. The van der Waals surface area contributed by atoms with Gasteiger partial charge in [-0.1, -0.05) is 27.5 Å². The molecule has 2 heterocycles. The number of halogens is 2. The zero-order valence-corrected chi connectivity index (χ0v) is 11.5. The molecule has 0 radical (unpaired) electrons. The molecule has 1 saturated heterocycles. The van der Waals surface area contributed by atoms with Crippen molar-refractivity contribution in [3.63, 3.8) is 0 Å². The molecule has 3 rings (SSSR count). The molecule has 0 aliphatic carbocycles.